The number of fused-ring (bicyclic) bond motifs is 1. The summed E-state index contributed by atoms with van der Waals surface area (Å²) in [5.74, 6) is -1.43. The second-order valence-corrected chi connectivity index (χ2v) is 10.6. The maximum absolute atomic E-state index is 14.6. The molecule has 0 aliphatic heterocycles. The number of aryl methyl sites for hydroxylation is 1. The summed E-state index contributed by atoms with van der Waals surface area (Å²) in [6.07, 6.45) is 11.4. The number of halogens is 2. The van der Waals surface area contributed by atoms with E-state index >= 15 is 0 Å². The van der Waals surface area contributed by atoms with E-state index in [0.717, 1.165) is 55.6 Å². The van der Waals surface area contributed by atoms with Crippen molar-refractivity contribution in [3.8, 4) is 0 Å². The fourth-order valence-corrected chi connectivity index (χ4v) is 6.24. The Morgan fingerprint density at radius 1 is 1.12 bits per heavy atom. The van der Waals surface area contributed by atoms with Crippen molar-refractivity contribution in [2.75, 3.05) is 20.8 Å². The van der Waals surface area contributed by atoms with E-state index in [2.05, 4.69) is 11.6 Å². The fourth-order valence-electron chi connectivity index (χ4n) is 5.06. The second-order valence-electron chi connectivity index (χ2n) is 9.61. The second kappa shape index (κ2) is 13.0. The summed E-state index contributed by atoms with van der Waals surface area (Å²) < 4.78 is 39.9. The highest BCUT2D eigenvalue weighted by Gasteiger charge is 2.31. The van der Waals surface area contributed by atoms with Gasteiger partial charge in [0, 0.05) is 17.6 Å². The van der Waals surface area contributed by atoms with Crippen LogP contribution in [0, 0.1) is 18.6 Å². The third-order valence-corrected chi connectivity index (χ3v) is 8.43. The summed E-state index contributed by atoms with van der Waals surface area (Å²) in [5, 5.41) is 0.148. The number of allylic oxidation sites excluding steroid dienone is 4. The van der Waals surface area contributed by atoms with E-state index in [-0.39, 0.29) is 34.3 Å². The predicted molar refractivity (Wildman–Crippen MR) is 153 cm³/mol. The van der Waals surface area contributed by atoms with Gasteiger partial charge in [-0.3, -0.25) is 4.79 Å². The van der Waals surface area contributed by atoms with Crippen LogP contribution in [0.25, 0.3) is 15.7 Å². The number of rotatable bonds is 9. The number of hydrogen-bond donors (Lipinski definition) is 0. The summed E-state index contributed by atoms with van der Waals surface area (Å²) in [6, 6.07) is 5.50. The molecule has 1 aliphatic carbocycles. The molecule has 0 saturated heterocycles. The molecule has 0 unspecified atom stereocenters. The van der Waals surface area contributed by atoms with Crippen LogP contribution in [0.2, 0.25) is 0 Å². The van der Waals surface area contributed by atoms with Crippen molar-refractivity contribution in [2.45, 2.75) is 45.1 Å². The minimum Gasteiger partial charge on any atom is -0.499 e. The molecule has 2 heterocycles. The lowest BCUT2D eigenvalue weighted by molar-refractivity contribution is 0.0592. The van der Waals surface area contributed by atoms with Gasteiger partial charge in [-0.15, -0.1) is 11.3 Å². The van der Waals surface area contributed by atoms with Crippen LogP contribution >= 0.6 is 11.3 Å². The average Bonchev–Trinajstić information content (AvgIpc) is 3.34. The molecule has 0 bridgehead atoms. The molecule has 1 aliphatic rings. The van der Waals surface area contributed by atoms with Crippen LogP contribution in [0.15, 0.2) is 61.0 Å². The van der Waals surface area contributed by atoms with Gasteiger partial charge in [0.05, 0.1) is 30.3 Å². The average molecular weight is 567 g/mol. The fraction of sp³-hybridized carbons (Fsp3) is 0.323. The van der Waals surface area contributed by atoms with E-state index in [1.54, 1.807) is 42.2 Å². The van der Waals surface area contributed by atoms with Crippen LogP contribution in [-0.2, 0) is 9.47 Å². The molecule has 210 valence electrons. The summed E-state index contributed by atoms with van der Waals surface area (Å²) in [6.45, 7) is 5.62. The quantitative estimate of drug-likeness (QED) is 0.155. The molecule has 1 saturated carbocycles. The van der Waals surface area contributed by atoms with Crippen LogP contribution in [0.1, 0.15) is 63.4 Å². The van der Waals surface area contributed by atoms with E-state index in [9.17, 15) is 18.4 Å². The van der Waals surface area contributed by atoms with E-state index in [1.165, 1.54) is 20.4 Å². The van der Waals surface area contributed by atoms with Crippen molar-refractivity contribution < 1.29 is 27.8 Å². The zero-order chi connectivity index (χ0) is 28.8. The Kier molecular flexibility index (Phi) is 9.47. The summed E-state index contributed by atoms with van der Waals surface area (Å²) in [5.41, 5.74) is 1.97. The van der Waals surface area contributed by atoms with Crippen LogP contribution in [-0.4, -0.2) is 48.6 Å². The first kappa shape index (κ1) is 29.1. The van der Waals surface area contributed by atoms with E-state index in [1.807, 2.05) is 0 Å². The van der Waals surface area contributed by atoms with Gasteiger partial charge in [0.2, 0.25) is 0 Å². The van der Waals surface area contributed by atoms with Crippen molar-refractivity contribution in [3.05, 3.63) is 94.4 Å². The number of aromatic nitrogens is 1. The molecule has 40 heavy (non-hydrogen) atoms. The number of ether oxygens (including phenoxy) is 2. The summed E-state index contributed by atoms with van der Waals surface area (Å²) >= 11 is 0.983. The van der Waals surface area contributed by atoms with Crippen molar-refractivity contribution in [2.24, 2.45) is 0 Å². The van der Waals surface area contributed by atoms with Crippen LogP contribution < -0.4 is 0 Å². The number of amides is 1. The molecule has 4 rings (SSSR count). The predicted octanol–water partition coefficient (Wildman–Crippen LogP) is 7.24. The monoisotopic (exact) mass is 566 g/mol. The number of carbonyl (C=O) groups is 2. The molecule has 0 radical (unpaired) electrons. The minimum absolute atomic E-state index is 0.0437. The van der Waals surface area contributed by atoms with Gasteiger partial charge in [-0.1, -0.05) is 38.0 Å². The minimum atomic E-state index is -0.559. The number of pyridine rings is 1. The zero-order valence-corrected chi connectivity index (χ0v) is 23.7. The van der Waals surface area contributed by atoms with Gasteiger partial charge >= 0.3 is 5.97 Å². The van der Waals surface area contributed by atoms with E-state index < -0.39 is 17.6 Å². The van der Waals surface area contributed by atoms with Crippen molar-refractivity contribution in [3.63, 3.8) is 0 Å². The third-order valence-electron chi connectivity index (χ3n) is 7.14. The largest absolute Gasteiger partial charge is 0.499 e. The standard InChI is InChI=1S/C31H32F2N2O4S/c1-5-9-20(21-14-15-34-26(17-21)31(37)39-4)16-23(38-3)18-35(22-10-7-6-8-11-22)30(36)28-19(2)27-24(32)12-13-25(33)29(27)40-28/h5,9,12-17,22H,1,6-8,10-11,18H2,2-4H3/b20-9+,23-16-. The Morgan fingerprint density at radius 2 is 1.85 bits per heavy atom. The number of benzene rings is 1. The zero-order valence-electron chi connectivity index (χ0n) is 22.8. The molecule has 2 aromatic heterocycles. The first-order valence-corrected chi connectivity index (χ1v) is 13.9. The maximum atomic E-state index is 14.6. The molecule has 1 amide bonds. The molecule has 0 spiro atoms. The normalized spacial score (nSPS) is 14.7. The van der Waals surface area contributed by atoms with Crippen LogP contribution in [0.5, 0.6) is 0 Å². The number of methoxy groups -OCH3 is 2. The molecule has 6 nitrogen and oxygen atoms in total. The summed E-state index contributed by atoms with van der Waals surface area (Å²) in [4.78, 5) is 32.2. The Hall–Kier alpha value is -3.85. The SMILES string of the molecule is C=C/C=C(\C=C(\CN(C(=O)c1sc2c(F)ccc(F)c2c1C)C1CCCCC1)OC)c1ccnc(C(=O)OC)c1. The first-order valence-electron chi connectivity index (χ1n) is 13.1. The van der Waals surface area contributed by atoms with Gasteiger partial charge in [-0.2, -0.15) is 0 Å². The number of thiophene rings is 1. The molecular weight excluding hydrogens is 534 g/mol. The Bertz CT molecular complexity index is 1490. The van der Waals surface area contributed by atoms with Gasteiger partial charge < -0.3 is 14.4 Å². The summed E-state index contributed by atoms with van der Waals surface area (Å²) in [7, 11) is 2.82. The molecule has 1 aromatic carbocycles. The molecule has 1 fully saturated rings. The Labute approximate surface area is 236 Å². The van der Waals surface area contributed by atoms with Gasteiger partial charge in [0.25, 0.3) is 5.91 Å². The lowest BCUT2D eigenvalue weighted by atomic mass is 9.93. The van der Waals surface area contributed by atoms with Gasteiger partial charge in [0.15, 0.2) is 0 Å². The van der Waals surface area contributed by atoms with Gasteiger partial charge in [-0.25, -0.2) is 18.6 Å². The van der Waals surface area contributed by atoms with Crippen molar-refractivity contribution in [1.82, 2.24) is 9.88 Å². The molecule has 3 aromatic rings. The lowest BCUT2D eigenvalue weighted by Gasteiger charge is -2.34. The molecule has 9 heteroatoms. The number of hydrogen-bond acceptors (Lipinski definition) is 6. The van der Waals surface area contributed by atoms with Crippen molar-refractivity contribution in [1.29, 1.82) is 0 Å². The Balaban J connectivity index is 1.73. The van der Waals surface area contributed by atoms with Gasteiger partial charge in [-0.05, 0) is 66.8 Å². The first-order chi connectivity index (χ1) is 19.3. The molecular formula is C31H32F2N2O4S. The number of esters is 1. The van der Waals surface area contributed by atoms with Crippen molar-refractivity contribution >= 4 is 38.9 Å². The number of nitrogens with zero attached hydrogens (tertiary/aromatic N) is 2. The highest BCUT2D eigenvalue weighted by molar-refractivity contribution is 7.21. The topological polar surface area (TPSA) is 68.7 Å². The van der Waals surface area contributed by atoms with E-state index in [0.29, 0.717) is 27.3 Å². The molecule has 0 atom stereocenters. The van der Waals surface area contributed by atoms with E-state index in [4.69, 9.17) is 9.47 Å². The smallest absolute Gasteiger partial charge is 0.356 e. The molecule has 0 N–H and O–H groups in total. The Morgan fingerprint density at radius 3 is 2.50 bits per heavy atom. The maximum Gasteiger partial charge on any atom is 0.356 e. The van der Waals surface area contributed by atoms with Gasteiger partial charge in [0.1, 0.15) is 23.1 Å². The lowest BCUT2D eigenvalue weighted by Crippen LogP contribution is -2.42. The van der Waals surface area contributed by atoms with Crippen LogP contribution in [0.4, 0.5) is 8.78 Å². The third kappa shape index (κ3) is 6.14. The highest BCUT2D eigenvalue weighted by atomic mass is 32.1. The number of carbonyl (C=O) groups excluding carboxylic acids is 2. The van der Waals surface area contributed by atoms with Crippen LogP contribution in [0.3, 0.4) is 0 Å². The highest BCUT2D eigenvalue weighted by Crippen LogP contribution is 2.36.